The van der Waals surface area contributed by atoms with Crippen molar-refractivity contribution in [1.82, 2.24) is 24.4 Å². The van der Waals surface area contributed by atoms with E-state index in [0.29, 0.717) is 35.8 Å². The van der Waals surface area contributed by atoms with Crippen molar-refractivity contribution in [3.63, 3.8) is 0 Å². The van der Waals surface area contributed by atoms with Gasteiger partial charge in [0.05, 0.1) is 23.5 Å². The number of aliphatic hydroxyl groups excluding tert-OH is 1. The van der Waals surface area contributed by atoms with Gasteiger partial charge in [0.2, 0.25) is 0 Å². The van der Waals surface area contributed by atoms with Crippen LogP contribution in [0.3, 0.4) is 0 Å². The van der Waals surface area contributed by atoms with E-state index in [1.807, 2.05) is 30.8 Å². The summed E-state index contributed by atoms with van der Waals surface area (Å²) in [6.07, 6.45) is 5.30. The lowest BCUT2D eigenvalue weighted by atomic mass is 10.2. The van der Waals surface area contributed by atoms with Crippen LogP contribution >= 0.6 is 0 Å². The highest BCUT2D eigenvalue weighted by Gasteiger charge is 2.44. The van der Waals surface area contributed by atoms with Crippen LogP contribution in [-0.4, -0.2) is 42.6 Å². The Bertz CT molecular complexity index is 1070. The minimum Gasteiger partial charge on any atom is -0.394 e. The molecule has 28 heavy (non-hydrogen) atoms. The Balaban J connectivity index is 1.54. The topological polar surface area (TPSA) is 130 Å². The molecule has 4 N–H and O–H groups in total. The van der Waals surface area contributed by atoms with Crippen molar-refractivity contribution in [3.05, 3.63) is 34.8 Å². The molecule has 1 aliphatic rings. The standard InChI is InChI=1S/C19H24N8O/c1-3-14-12(2)24-27-16(21)15(10-20)17(23-18(14)27)22-8-4-13-5-9-26(25-13)19(11-28)6-7-19/h5,9,28H,3-4,6-8,11,21H2,1-2H3,(H,22,23). The summed E-state index contributed by atoms with van der Waals surface area (Å²) < 4.78 is 3.41. The van der Waals surface area contributed by atoms with Crippen molar-refractivity contribution in [2.24, 2.45) is 0 Å². The van der Waals surface area contributed by atoms with Crippen LogP contribution in [0.2, 0.25) is 0 Å². The number of aliphatic hydroxyl groups is 1. The minimum atomic E-state index is -0.197. The number of nitriles is 1. The number of anilines is 2. The van der Waals surface area contributed by atoms with E-state index in [1.54, 1.807) is 4.52 Å². The molecule has 9 nitrogen and oxygen atoms in total. The molecular weight excluding hydrogens is 356 g/mol. The number of aryl methyl sites for hydroxylation is 2. The summed E-state index contributed by atoms with van der Waals surface area (Å²) >= 11 is 0. The van der Waals surface area contributed by atoms with E-state index < -0.39 is 0 Å². The van der Waals surface area contributed by atoms with Crippen molar-refractivity contribution in [3.8, 4) is 6.07 Å². The molecule has 0 spiro atoms. The fourth-order valence-electron chi connectivity index (χ4n) is 3.54. The maximum Gasteiger partial charge on any atom is 0.163 e. The van der Waals surface area contributed by atoms with Crippen LogP contribution < -0.4 is 11.1 Å². The smallest absolute Gasteiger partial charge is 0.163 e. The molecule has 1 fully saturated rings. The molecule has 3 aromatic heterocycles. The number of rotatable bonds is 7. The third-order valence-corrected chi connectivity index (χ3v) is 5.49. The third kappa shape index (κ3) is 2.86. The molecule has 0 radical (unpaired) electrons. The number of hydrogen-bond donors (Lipinski definition) is 3. The Morgan fingerprint density at radius 1 is 1.39 bits per heavy atom. The molecule has 0 atom stereocenters. The van der Waals surface area contributed by atoms with Gasteiger partial charge in [-0.1, -0.05) is 6.92 Å². The lowest BCUT2D eigenvalue weighted by Crippen LogP contribution is -2.22. The average Bonchev–Trinajstić information content (AvgIpc) is 3.23. The van der Waals surface area contributed by atoms with E-state index in [4.69, 9.17) is 5.73 Å². The summed E-state index contributed by atoms with van der Waals surface area (Å²) in [7, 11) is 0. The molecule has 0 saturated heterocycles. The molecule has 0 aliphatic heterocycles. The highest BCUT2D eigenvalue weighted by atomic mass is 16.3. The van der Waals surface area contributed by atoms with Gasteiger partial charge in [-0.25, -0.2) is 4.98 Å². The van der Waals surface area contributed by atoms with E-state index in [2.05, 4.69) is 26.6 Å². The van der Waals surface area contributed by atoms with Crippen molar-refractivity contribution >= 4 is 17.3 Å². The first-order chi connectivity index (χ1) is 13.5. The Morgan fingerprint density at radius 3 is 2.82 bits per heavy atom. The number of nitrogens with one attached hydrogen (secondary N) is 1. The van der Waals surface area contributed by atoms with Gasteiger partial charge in [-0.15, -0.1) is 0 Å². The zero-order chi connectivity index (χ0) is 19.9. The summed E-state index contributed by atoms with van der Waals surface area (Å²) in [5.41, 5.74) is 9.78. The van der Waals surface area contributed by atoms with Gasteiger partial charge in [0, 0.05) is 24.7 Å². The van der Waals surface area contributed by atoms with Gasteiger partial charge in [0.1, 0.15) is 23.3 Å². The summed E-state index contributed by atoms with van der Waals surface area (Å²) in [5, 5.41) is 31.3. The van der Waals surface area contributed by atoms with Crippen LogP contribution in [0.25, 0.3) is 5.65 Å². The monoisotopic (exact) mass is 380 g/mol. The zero-order valence-electron chi connectivity index (χ0n) is 16.1. The molecule has 0 unspecified atom stereocenters. The molecule has 0 aromatic carbocycles. The SMILES string of the molecule is CCc1c(C)nn2c(N)c(C#N)c(NCCc3ccn(C4(CO)CC4)n3)nc12. The maximum absolute atomic E-state index is 9.54. The van der Waals surface area contributed by atoms with Crippen molar-refractivity contribution in [1.29, 1.82) is 5.26 Å². The molecule has 1 aliphatic carbocycles. The van der Waals surface area contributed by atoms with Crippen LogP contribution in [0.1, 0.15) is 42.3 Å². The van der Waals surface area contributed by atoms with Gasteiger partial charge < -0.3 is 16.2 Å². The first-order valence-corrected chi connectivity index (χ1v) is 9.50. The second kappa shape index (κ2) is 6.80. The van der Waals surface area contributed by atoms with Gasteiger partial charge in [-0.05, 0) is 32.3 Å². The normalized spacial score (nSPS) is 14.9. The lowest BCUT2D eigenvalue weighted by Gasteiger charge is -2.12. The Labute approximate surface area is 162 Å². The quantitative estimate of drug-likeness (QED) is 0.564. The molecule has 0 amide bonds. The first-order valence-electron chi connectivity index (χ1n) is 9.50. The van der Waals surface area contributed by atoms with Crippen LogP contribution in [0, 0.1) is 18.3 Å². The highest BCUT2D eigenvalue weighted by Crippen LogP contribution is 2.42. The second-order valence-corrected chi connectivity index (χ2v) is 7.30. The van der Waals surface area contributed by atoms with Crippen molar-refractivity contribution < 1.29 is 5.11 Å². The largest absolute Gasteiger partial charge is 0.394 e. The van der Waals surface area contributed by atoms with E-state index in [9.17, 15) is 10.4 Å². The summed E-state index contributed by atoms with van der Waals surface area (Å²) in [6, 6.07) is 4.09. The van der Waals surface area contributed by atoms with E-state index in [-0.39, 0.29) is 12.1 Å². The fourth-order valence-corrected chi connectivity index (χ4v) is 3.54. The number of nitrogens with zero attached hydrogens (tertiary/aromatic N) is 6. The van der Waals surface area contributed by atoms with Gasteiger partial charge in [-0.3, -0.25) is 4.68 Å². The summed E-state index contributed by atoms with van der Waals surface area (Å²) in [4.78, 5) is 4.63. The van der Waals surface area contributed by atoms with Gasteiger partial charge in [0.15, 0.2) is 5.65 Å². The number of nitrogens with two attached hydrogens (primary N) is 1. The molecule has 4 rings (SSSR count). The third-order valence-electron chi connectivity index (χ3n) is 5.49. The number of aromatic nitrogens is 5. The van der Waals surface area contributed by atoms with Gasteiger partial charge >= 0.3 is 0 Å². The van der Waals surface area contributed by atoms with E-state index >= 15 is 0 Å². The number of fused-ring (bicyclic) bond motifs is 1. The Morgan fingerprint density at radius 2 is 2.18 bits per heavy atom. The molecule has 3 aromatic rings. The minimum absolute atomic E-state index is 0.117. The number of hydrogen-bond acceptors (Lipinski definition) is 7. The van der Waals surface area contributed by atoms with Crippen LogP contribution in [0.4, 0.5) is 11.6 Å². The van der Waals surface area contributed by atoms with E-state index in [1.165, 1.54) is 0 Å². The van der Waals surface area contributed by atoms with Gasteiger partial charge in [0.25, 0.3) is 0 Å². The van der Waals surface area contributed by atoms with Gasteiger partial charge in [-0.2, -0.15) is 20.0 Å². The molecule has 146 valence electrons. The molecule has 3 heterocycles. The average molecular weight is 380 g/mol. The first kappa shape index (κ1) is 18.3. The fraction of sp³-hybridized carbons (Fsp3) is 0.474. The number of nitrogen functional groups attached to an aromatic ring is 1. The van der Waals surface area contributed by atoms with E-state index in [0.717, 1.165) is 36.2 Å². The van der Waals surface area contributed by atoms with Crippen LogP contribution in [-0.2, 0) is 18.4 Å². The maximum atomic E-state index is 9.54. The van der Waals surface area contributed by atoms with Crippen molar-refractivity contribution in [2.45, 2.75) is 45.1 Å². The lowest BCUT2D eigenvalue weighted by molar-refractivity contribution is 0.202. The molecule has 9 heteroatoms. The predicted octanol–water partition coefficient (Wildman–Crippen LogP) is 1.39. The Hall–Kier alpha value is -3.12. The molecule has 1 saturated carbocycles. The van der Waals surface area contributed by atoms with Crippen LogP contribution in [0.15, 0.2) is 12.3 Å². The Kier molecular flexibility index (Phi) is 4.43. The summed E-state index contributed by atoms with van der Waals surface area (Å²) in [5.74, 6) is 0.760. The van der Waals surface area contributed by atoms with Crippen LogP contribution in [0.5, 0.6) is 0 Å². The molecule has 0 bridgehead atoms. The highest BCUT2D eigenvalue weighted by molar-refractivity contribution is 5.69. The predicted molar refractivity (Wildman–Crippen MR) is 105 cm³/mol. The van der Waals surface area contributed by atoms with Crippen molar-refractivity contribution in [2.75, 3.05) is 24.2 Å². The molecular formula is C19H24N8O. The zero-order valence-corrected chi connectivity index (χ0v) is 16.1. The second-order valence-electron chi connectivity index (χ2n) is 7.30. The summed E-state index contributed by atoms with van der Waals surface area (Å²) in [6.45, 7) is 4.64.